The average Bonchev–Trinajstić information content (AvgIpc) is 3.32. The van der Waals surface area contributed by atoms with Gasteiger partial charge in [0.15, 0.2) is 0 Å². The van der Waals surface area contributed by atoms with Crippen LogP contribution >= 0.6 is 0 Å². The Hall–Kier alpha value is -2.30. The van der Waals surface area contributed by atoms with E-state index in [-0.39, 0.29) is 11.8 Å². The Morgan fingerprint density at radius 3 is 2.71 bits per heavy atom. The van der Waals surface area contributed by atoms with Gasteiger partial charge in [-0.1, -0.05) is 0 Å². The first-order valence-corrected chi connectivity index (χ1v) is 7.13. The molecule has 0 N–H and O–H groups in total. The van der Waals surface area contributed by atoms with Crippen LogP contribution in [0, 0.1) is 12.8 Å². The van der Waals surface area contributed by atoms with Crippen molar-refractivity contribution in [2.45, 2.75) is 26.3 Å². The molecule has 2 aromatic rings. The lowest BCUT2D eigenvalue weighted by atomic mass is 10.1. The van der Waals surface area contributed by atoms with Crippen molar-refractivity contribution in [3.8, 4) is 11.1 Å². The second kappa shape index (κ2) is 5.60. The predicted octanol–water partition coefficient (Wildman–Crippen LogP) is 2.22. The van der Waals surface area contributed by atoms with Crippen LogP contribution in [-0.2, 0) is 11.3 Å². The Balaban J connectivity index is 1.89. The van der Waals surface area contributed by atoms with Crippen molar-refractivity contribution in [2.24, 2.45) is 5.92 Å². The normalized spacial score (nSPS) is 14.0. The van der Waals surface area contributed by atoms with Crippen molar-refractivity contribution in [1.29, 1.82) is 0 Å². The van der Waals surface area contributed by atoms with Gasteiger partial charge in [0.25, 0.3) is 0 Å². The maximum Gasteiger partial charge on any atom is 0.225 e. The molecule has 1 aliphatic rings. The first-order valence-electron chi connectivity index (χ1n) is 7.13. The van der Waals surface area contributed by atoms with Crippen molar-refractivity contribution < 1.29 is 4.79 Å². The summed E-state index contributed by atoms with van der Waals surface area (Å²) in [6.07, 6.45) is 7.35. The Kier molecular flexibility index (Phi) is 3.64. The van der Waals surface area contributed by atoms with Crippen LogP contribution in [0.5, 0.6) is 0 Å². The Bertz CT molecular complexity index is 653. The van der Waals surface area contributed by atoms with E-state index in [0.717, 1.165) is 35.5 Å². The lowest BCUT2D eigenvalue weighted by Crippen LogP contribution is -2.28. The quantitative estimate of drug-likeness (QED) is 0.862. The molecule has 21 heavy (non-hydrogen) atoms. The molecule has 0 radical (unpaired) electrons. The minimum atomic E-state index is 0.215. The maximum atomic E-state index is 12.1. The third-order valence-electron chi connectivity index (χ3n) is 3.67. The molecule has 5 heteroatoms. The molecule has 1 aliphatic carbocycles. The van der Waals surface area contributed by atoms with Gasteiger partial charge in [-0.25, -0.2) is 9.97 Å². The maximum absolute atomic E-state index is 12.1. The summed E-state index contributed by atoms with van der Waals surface area (Å²) < 4.78 is 0. The van der Waals surface area contributed by atoms with Crippen LogP contribution in [0.1, 0.15) is 24.4 Å². The van der Waals surface area contributed by atoms with Crippen LogP contribution in [-0.4, -0.2) is 32.8 Å². The van der Waals surface area contributed by atoms with Crippen molar-refractivity contribution in [3.05, 3.63) is 42.2 Å². The molecule has 0 bridgehead atoms. The van der Waals surface area contributed by atoms with Gasteiger partial charge in [-0.2, -0.15) is 0 Å². The van der Waals surface area contributed by atoms with Gasteiger partial charge in [0, 0.05) is 37.1 Å². The number of carbonyl (C=O) groups excluding carboxylic acids is 1. The number of rotatable bonds is 4. The topological polar surface area (TPSA) is 59.0 Å². The van der Waals surface area contributed by atoms with Gasteiger partial charge in [-0.3, -0.25) is 9.78 Å². The highest BCUT2D eigenvalue weighted by atomic mass is 16.2. The molecule has 0 saturated heterocycles. The third kappa shape index (κ3) is 3.07. The van der Waals surface area contributed by atoms with Crippen LogP contribution in [0.15, 0.2) is 30.7 Å². The Morgan fingerprint density at radius 1 is 1.33 bits per heavy atom. The van der Waals surface area contributed by atoms with Crippen molar-refractivity contribution in [2.75, 3.05) is 7.05 Å². The third-order valence-corrected chi connectivity index (χ3v) is 3.67. The van der Waals surface area contributed by atoms with E-state index in [1.54, 1.807) is 17.3 Å². The lowest BCUT2D eigenvalue weighted by molar-refractivity contribution is -0.131. The molecule has 1 saturated carbocycles. The summed E-state index contributed by atoms with van der Waals surface area (Å²) in [5, 5.41) is 0. The van der Waals surface area contributed by atoms with Gasteiger partial charge in [0.05, 0.1) is 12.2 Å². The largest absolute Gasteiger partial charge is 0.340 e. The van der Waals surface area contributed by atoms with E-state index < -0.39 is 0 Å². The molecule has 0 unspecified atom stereocenters. The van der Waals surface area contributed by atoms with Crippen LogP contribution < -0.4 is 0 Å². The number of aromatic nitrogens is 3. The zero-order valence-corrected chi connectivity index (χ0v) is 12.3. The number of carbonyl (C=O) groups is 1. The summed E-state index contributed by atoms with van der Waals surface area (Å²) in [5.74, 6) is 1.16. The summed E-state index contributed by atoms with van der Waals surface area (Å²) in [7, 11) is 1.84. The summed E-state index contributed by atoms with van der Waals surface area (Å²) >= 11 is 0. The zero-order valence-electron chi connectivity index (χ0n) is 12.3. The fraction of sp³-hybridized carbons (Fsp3) is 0.375. The molecule has 2 aromatic heterocycles. The molecule has 1 amide bonds. The number of aryl methyl sites for hydroxylation is 1. The van der Waals surface area contributed by atoms with Gasteiger partial charge in [-0.05, 0) is 37.5 Å². The Labute approximate surface area is 124 Å². The number of nitrogens with zero attached hydrogens (tertiary/aromatic N) is 4. The molecule has 0 atom stereocenters. The molecule has 0 spiro atoms. The van der Waals surface area contributed by atoms with E-state index >= 15 is 0 Å². The zero-order chi connectivity index (χ0) is 14.8. The van der Waals surface area contributed by atoms with E-state index in [9.17, 15) is 4.79 Å². The fourth-order valence-corrected chi connectivity index (χ4v) is 2.35. The first kappa shape index (κ1) is 13.7. The van der Waals surface area contributed by atoms with E-state index in [2.05, 4.69) is 15.0 Å². The summed E-state index contributed by atoms with van der Waals surface area (Å²) in [6.45, 7) is 2.37. The van der Waals surface area contributed by atoms with Crippen LogP contribution in [0.3, 0.4) is 0 Å². The molecule has 0 aromatic carbocycles. The van der Waals surface area contributed by atoms with Crippen molar-refractivity contribution >= 4 is 5.91 Å². The second-order valence-corrected chi connectivity index (χ2v) is 5.48. The van der Waals surface area contributed by atoms with E-state index in [1.165, 1.54) is 0 Å². The molecule has 1 fully saturated rings. The molecule has 0 aliphatic heterocycles. The SMILES string of the molecule is Cc1ncc(-c2ccncc2)c(CN(C)C(=O)C2CC2)n1. The van der Waals surface area contributed by atoms with Gasteiger partial charge < -0.3 is 4.90 Å². The fourth-order valence-electron chi connectivity index (χ4n) is 2.35. The van der Waals surface area contributed by atoms with Gasteiger partial charge in [-0.15, -0.1) is 0 Å². The summed E-state index contributed by atoms with van der Waals surface area (Å²) in [6, 6.07) is 3.86. The highest BCUT2D eigenvalue weighted by Gasteiger charge is 2.32. The van der Waals surface area contributed by atoms with Crippen LogP contribution in [0.4, 0.5) is 0 Å². The molecule has 2 heterocycles. The van der Waals surface area contributed by atoms with Crippen LogP contribution in [0.2, 0.25) is 0 Å². The average molecular weight is 282 g/mol. The van der Waals surface area contributed by atoms with Gasteiger partial charge in [0.1, 0.15) is 5.82 Å². The van der Waals surface area contributed by atoms with Crippen molar-refractivity contribution in [1.82, 2.24) is 19.9 Å². The summed E-state index contributed by atoms with van der Waals surface area (Å²) in [4.78, 5) is 26.7. The summed E-state index contributed by atoms with van der Waals surface area (Å²) in [5.41, 5.74) is 2.86. The second-order valence-electron chi connectivity index (χ2n) is 5.48. The minimum absolute atomic E-state index is 0.215. The first-order chi connectivity index (χ1) is 10.1. The molecular formula is C16H18N4O. The Morgan fingerprint density at radius 2 is 2.05 bits per heavy atom. The predicted molar refractivity (Wildman–Crippen MR) is 79.2 cm³/mol. The minimum Gasteiger partial charge on any atom is -0.340 e. The molecule has 5 nitrogen and oxygen atoms in total. The highest BCUT2D eigenvalue weighted by molar-refractivity contribution is 5.81. The monoisotopic (exact) mass is 282 g/mol. The van der Waals surface area contributed by atoms with E-state index in [4.69, 9.17) is 0 Å². The van der Waals surface area contributed by atoms with Gasteiger partial charge >= 0.3 is 0 Å². The number of hydrogen-bond acceptors (Lipinski definition) is 4. The molecule has 3 rings (SSSR count). The number of hydrogen-bond donors (Lipinski definition) is 0. The smallest absolute Gasteiger partial charge is 0.225 e. The van der Waals surface area contributed by atoms with Crippen molar-refractivity contribution in [3.63, 3.8) is 0 Å². The number of amides is 1. The van der Waals surface area contributed by atoms with Crippen LogP contribution in [0.25, 0.3) is 11.1 Å². The lowest BCUT2D eigenvalue weighted by Gasteiger charge is -2.18. The van der Waals surface area contributed by atoms with E-state index in [1.807, 2.05) is 32.3 Å². The molecular weight excluding hydrogens is 264 g/mol. The highest BCUT2D eigenvalue weighted by Crippen LogP contribution is 2.31. The molecule has 108 valence electrons. The van der Waals surface area contributed by atoms with Gasteiger partial charge in [0.2, 0.25) is 5.91 Å². The standard InChI is InChI=1S/C16H18N4O/c1-11-18-9-14(12-5-7-17-8-6-12)15(19-11)10-20(2)16(21)13-3-4-13/h5-9,13H,3-4,10H2,1-2H3. The van der Waals surface area contributed by atoms with E-state index in [0.29, 0.717) is 6.54 Å². The number of pyridine rings is 1.